The Bertz CT molecular complexity index is 481. The largest absolute Gasteiger partial charge is 0.488 e. The van der Waals surface area contributed by atoms with E-state index in [1.54, 1.807) is 0 Å². The van der Waals surface area contributed by atoms with Gasteiger partial charge in [0.1, 0.15) is 11.9 Å². The molecular formula is C16H22N2O3. The van der Waals surface area contributed by atoms with Gasteiger partial charge in [-0.05, 0) is 30.5 Å². The zero-order valence-electron chi connectivity index (χ0n) is 12.1. The highest BCUT2D eigenvalue weighted by Crippen LogP contribution is 2.27. The summed E-state index contributed by atoms with van der Waals surface area (Å²) in [5.74, 6) is 1.29. The van der Waals surface area contributed by atoms with Crippen LogP contribution in [0.2, 0.25) is 0 Å². The van der Waals surface area contributed by atoms with Crippen LogP contribution < -0.4 is 10.1 Å². The molecule has 0 bridgehead atoms. The van der Waals surface area contributed by atoms with Crippen LogP contribution in [0.25, 0.3) is 0 Å². The quantitative estimate of drug-likeness (QED) is 0.825. The molecule has 1 saturated heterocycles. The summed E-state index contributed by atoms with van der Waals surface area (Å²) in [5.41, 5.74) is 1.21. The predicted octanol–water partition coefficient (Wildman–Crippen LogP) is 0.421. The monoisotopic (exact) mass is 290 g/mol. The summed E-state index contributed by atoms with van der Waals surface area (Å²) < 4.78 is 5.80. The van der Waals surface area contributed by atoms with Crippen LogP contribution in [0.1, 0.15) is 12.0 Å². The van der Waals surface area contributed by atoms with Crippen molar-refractivity contribution >= 4 is 5.91 Å². The summed E-state index contributed by atoms with van der Waals surface area (Å²) in [6.07, 6.45) is 1.87. The summed E-state index contributed by atoms with van der Waals surface area (Å²) in [4.78, 5) is 14.1. The van der Waals surface area contributed by atoms with Crippen LogP contribution in [-0.4, -0.2) is 54.8 Å². The first-order chi connectivity index (χ1) is 10.2. The van der Waals surface area contributed by atoms with Crippen molar-refractivity contribution < 1.29 is 14.6 Å². The predicted molar refractivity (Wildman–Crippen MR) is 79.2 cm³/mol. The lowest BCUT2D eigenvalue weighted by Gasteiger charge is -2.16. The number of rotatable bonds is 5. The lowest BCUT2D eigenvalue weighted by molar-refractivity contribution is -0.122. The van der Waals surface area contributed by atoms with Gasteiger partial charge in [0.25, 0.3) is 0 Å². The van der Waals surface area contributed by atoms with E-state index in [4.69, 9.17) is 9.84 Å². The van der Waals surface area contributed by atoms with E-state index >= 15 is 0 Å². The second kappa shape index (κ2) is 6.45. The summed E-state index contributed by atoms with van der Waals surface area (Å²) in [7, 11) is 0. The van der Waals surface area contributed by atoms with Crippen molar-refractivity contribution in [3.63, 3.8) is 0 Å². The van der Waals surface area contributed by atoms with Crippen LogP contribution in [0.4, 0.5) is 0 Å². The molecule has 0 aromatic heterocycles. The maximum Gasteiger partial charge on any atom is 0.234 e. The maximum atomic E-state index is 12.0. The molecule has 3 rings (SSSR count). The Morgan fingerprint density at radius 2 is 2.29 bits per heavy atom. The topological polar surface area (TPSA) is 61.8 Å². The Labute approximate surface area is 124 Å². The number of nitrogens with zero attached hydrogens (tertiary/aromatic N) is 1. The highest BCUT2D eigenvalue weighted by atomic mass is 16.5. The number of carbonyl (C=O) groups excluding carboxylic acids is 1. The van der Waals surface area contributed by atoms with Gasteiger partial charge in [0.05, 0.1) is 13.1 Å². The summed E-state index contributed by atoms with van der Waals surface area (Å²) in [6.45, 7) is 2.88. The third kappa shape index (κ3) is 3.54. The number of para-hydroxylation sites is 1. The molecule has 2 aliphatic rings. The average Bonchev–Trinajstić information content (AvgIpc) is 3.10. The molecule has 5 nitrogen and oxygen atoms in total. The fourth-order valence-electron chi connectivity index (χ4n) is 3.06. The second-order valence-electron chi connectivity index (χ2n) is 5.93. The lowest BCUT2D eigenvalue weighted by atomic mass is 10.1. The van der Waals surface area contributed by atoms with Crippen molar-refractivity contribution in [1.29, 1.82) is 0 Å². The van der Waals surface area contributed by atoms with Gasteiger partial charge in [0, 0.05) is 19.6 Å². The number of nitrogens with one attached hydrogen (secondary N) is 1. The van der Waals surface area contributed by atoms with Crippen molar-refractivity contribution in [2.75, 3.05) is 32.8 Å². The zero-order valence-corrected chi connectivity index (χ0v) is 12.1. The number of hydrogen-bond acceptors (Lipinski definition) is 4. The normalized spacial score (nSPS) is 24.6. The minimum atomic E-state index is 0.0353. The summed E-state index contributed by atoms with van der Waals surface area (Å²) in [5, 5.41) is 12.1. The molecule has 2 unspecified atom stereocenters. The minimum absolute atomic E-state index is 0.0353. The summed E-state index contributed by atoms with van der Waals surface area (Å²) >= 11 is 0. The number of ether oxygens (including phenoxy) is 1. The lowest BCUT2D eigenvalue weighted by Crippen LogP contribution is -2.40. The van der Waals surface area contributed by atoms with Crippen LogP contribution in [0.5, 0.6) is 5.75 Å². The van der Waals surface area contributed by atoms with Crippen molar-refractivity contribution in [2.45, 2.75) is 18.9 Å². The van der Waals surface area contributed by atoms with E-state index in [2.05, 4.69) is 16.3 Å². The van der Waals surface area contributed by atoms with E-state index < -0.39 is 0 Å². The Morgan fingerprint density at radius 3 is 3.05 bits per heavy atom. The minimum Gasteiger partial charge on any atom is -0.488 e. The Morgan fingerprint density at radius 1 is 1.43 bits per heavy atom. The maximum absolute atomic E-state index is 12.0. The van der Waals surface area contributed by atoms with Gasteiger partial charge in [-0.15, -0.1) is 0 Å². The number of hydrogen-bond donors (Lipinski definition) is 2. The Kier molecular flexibility index (Phi) is 4.41. The number of benzene rings is 1. The highest BCUT2D eigenvalue weighted by Gasteiger charge is 2.25. The SMILES string of the molecule is O=C(CN1CCC(CO)C1)NCC1Cc2ccccc2O1. The Balaban J connectivity index is 1.39. The molecule has 2 atom stereocenters. The number of aliphatic hydroxyl groups excluding tert-OH is 1. The summed E-state index contributed by atoms with van der Waals surface area (Å²) in [6, 6.07) is 8.01. The molecule has 21 heavy (non-hydrogen) atoms. The van der Waals surface area contributed by atoms with Gasteiger partial charge in [-0.25, -0.2) is 0 Å². The molecule has 1 amide bonds. The highest BCUT2D eigenvalue weighted by molar-refractivity contribution is 5.78. The van der Waals surface area contributed by atoms with Crippen molar-refractivity contribution in [2.24, 2.45) is 5.92 Å². The zero-order chi connectivity index (χ0) is 14.7. The molecule has 2 N–H and O–H groups in total. The molecule has 114 valence electrons. The van der Waals surface area contributed by atoms with Crippen molar-refractivity contribution in [1.82, 2.24) is 10.2 Å². The molecule has 2 aliphatic heterocycles. The number of aliphatic hydroxyl groups is 1. The van der Waals surface area contributed by atoms with E-state index in [0.717, 1.165) is 31.7 Å². The van der Waals surface area contributed by atoms with E-state index in [1.165, 1.54) is 5.56 Å². The molecule has 0 aliphatic carbocycles. The Hall–Kier alpha value is -1.59. The molecule has 1 fully saturated rings. The van der Waals surface area contributed by atoms with Gasteiger partial charge in [-0.3, -0.25) is 9.69 Å². The van der Waals surface area contributed by atoms with Gasteiger partial charge < -0.3 is 15.2 Å². The van der Waals surface area contributed by atoms with Crippen molar-refractivity contribution in [3.8, 4) is 5.75 Å². The van der Waals surface area contributed by atoms with Crippen molar-refractivity contribution in [3.05, 3.63) is 29.8 Å². The smallest absolute Gasteiger partial charge is 0.234 e. The molecule has 1 aromatic carbocycles. The van der Waals surface area contributed by atoms with E-state index in [1.807, 2.05) is 18.2 Å². The molecule has 1 aromatic rings. The molecular weight excluding hydrogens is 268 g/mol. The first-order valence-electron chi connectivity index (χ1n) is 7.59. The van der Waals surface area contributed by atoms with Crippen LogP contribution in [0.3, 0.4) is 0 Å². The molecule has 0 spiro atoms. The molecule has 5 heteroatoms. The number of carbonyl (C=O) groups is 1. The van der Waals surface area contributed by atoms with Gasteiger partial charge in [-0.2, -0.15) is 0 Å². The third-order valence-corrected chi connectivity index (χ3v) is 4.24. The van der Waals surface area contributed by atoms with Gasteiger partial charge >= 0.3 is 0 Å². The molecule has 2 heterocycles. The van der Waals surface area contributed by atoms with E-state index in [9.17, 15) is 4.79 Å². The van der Waals surface area contributed by atoms with Gasteiger partial charge in [-0.1, -0.05) is 18.2 Å². The van der Waals surface area contributed by atoms with Crippen LogP contribution >= 0.6 is 0 Å². The van der Waals surface area contributed by atoms with E-state index in [0.29, 0.717) is 19.0 Å². The molecule has 0 radical (unpaired) electrons. The third-order valence-electron chi connectivity index (χ3n) is 4.24. The average molecular weight is 290 g/mol. The fraction of sp³-hybridized carbons (Fsp3) is 0.562. The van der Waals surface area contributed by atoms with Gasteiger partial charge in [0.15, 0.2) is 0 Å². The number of fused-ring (bicyclic) bond motifs is 1. The fourth-order valence-corrected chi connectivity index (χ4v) is 3.06. The first-order valence-corrected chi connectivity index (χ1v) is 7.59. The second-order valence-corrected chi connectivity index (χ2v) is 5.93. The number of likely N-dealkylation sites (tertiary alicyclic amines) is 1. The van der Waals surface area contributed by atoms with Gasteiger partial charge in [0.2, 0.25) is 5.91 Å². The molecule has 0 saturated carbocycles. The van der Waals surface area contributed by atoms with E-state index in [-0.39, 0.29) is 18.6 Å². The van der Waals surface area contributed by atoms with Crippen LogP contribution in [0, 0.1) is 5.92 Å². The van der Waals surface area contributed by atoms with Crippen LogP contribution in [-0.2, 0) is 11.2 Å². The number of amides is 1. The van der Waals surface area contributed by atoms with Crippen LogP contribution in [0.15, 0.2) is 24.3 Å². The standard InChI is InChI=1S/C16H22N2O3/c19-11-12-5-6-18(9-12)10-16(20)17-8-14-7-13-3-1-2-4-15(13)21-14/h1-4,12,14,19H,5-11H2,(H,17,20). The first kappa shape index (κ1) is 14.4.